The molecule has 11 heteroatoms. The van der Waals surface area contributed by atoms with Gasteiger partial charge in [0, 0.05) is 12.1 Å². The molecule has 0 saturated carbocycles. The van der Waals surface area contributed by atoms with Gasteiger partial charge in [-0.25, -0.2) is 13.2 Å². The van der Waals surface area contributed by atoms with E-state index in [1.165, 1.54) is 44.6 Å². The Morgan fingerprint density at radius 1 is 0.967 bits per heavy atom. The van der Waals surface area contributed by atoms with Crippen molar-refractivity contribution in [3.05, 3.63) is 35.4 Å². The molecule has 2 N–H and O–H groups in total. The van der Waals surface area contributed by atoms with E-state index in [2.05, 4.69) is 10.0 Å². The van der Waals surface area contributed by atoms with E-state index in [4.69, 9.17) is 30.5 Å². The predicted molar refractivity (Wildman–Crippen MR) is 114 cm³/mol. The number of carbonyl (C=O) groups excluding carboxylic acids is 1. The zero-order valence-corrected chi connectivity index (χ0v) is 18.5. The van der Waals surface area contributed by atoms with Gasteiger partial charge in [0.15, 0.2) is 0 Å². The molecular weight excluding hydrogens is 436 g/mol. The lowest BCUT2D eigenvalue weighted by molar-refractivity contribution is 0.167. The number of methoxy groups -OCH3 is 2. The molecule has 0 saturated heterocycles. The molecule has 0 heterocycles. The molecule has 164 valence electrons. The fourth-order valence-corrected chi connectivity index (χ4v) is 3.79. The van der Waals surface area contributed by atoms with Gasteiger partial charge in [-0.3, -0.25) is 10.0 Å². The lowest BCUT2D eigenvalue weighted by atomic mass is 10.3. The highest BCUT2D eigenvalue weighted by Crippen LogP contribution is 2.37. The summed E-state index contributed by atoms with van der Waals surface area (Å²) in [6, 6.07) is 6.90. The van der Waals surface area contributed by atoms with Gasteiger partial charge in [0.2, 0.25) is 0 Å². The largest absolute Gasteiger partial charge is 0.495 e. The van der Waals surface area contributed by atoms with Crippen molar-refractivity contribution in [1.82, 2.24) is 0 Å². The van der Waals surface area contributed by atoms with E-state index in [1.54, 1.807) is 13.8 Å². The first-order valence-corrected chi connectivity index (χ1v) is 10.8. The van der Waals surface area contributed by atoms with Gasteiger partial charge in [-0.15, -0.1) is 0 Å². The normalized spacial score (nSPS) is 10.8. The Bertz CT molecular complexity index is 1010. The van der Waals surface area contributed by atoms with Crippen molar-refractivity contribution in [3.63, 3.8) is 0 Å². The Morgan fingerprint density at radius 2 is 1.67 bits per heavy atom. The number of amides is 1. The number of benzene rings is 2. The van der Waals surface area contributed by atoms with Gasteiger partial charge in [0.25, 0.3) is 10.0 Å². The molecular formula is C19H23ClN2O7S. The molecule has 0 spiro atoms. The summed E-state index contributed by atoms with van der Waals surface area (Å²) in [6.07, 6.45) is -0.731. The maximum Gasteiger partial charge on any atom is 0.411 e. The summed E-state index contributed by atoms with van der Waals surface area (Å²) >= 11 is 6.06. The quantitative estimate of drug-likeness (QED) is 0.581. The second-order valence-electron chi connectivity index (χ2n) is 5.73. The topological polar surface area (TPSA) is 112 Å². The molecule has 30 heavy (non-hydrogen) atoms. The molecule has 2 rings (SSSR count). The molecule has 0 bridgehead atoms. The zero-order valence-electron chi connectivity index (χ0n) is 16.9. The van der Waals surface area contributed by atoms with Crippen LogP contribution in [-0.4, -0.2) is 41.9 Å². The highest BCUT2D eigenvalue weighted by atomic mass is 35.5. The lowest BCUT2D eigenvalue weighted by Crippen LogP contribution is -2.17. The van der Waals surface area contributed by atoms with Gasteiger partial charge < -0.3 is 18.9 Å². The van der Waals surface area contributed by atoms with Gasteiger partial charge in [0.1, 0.15) is 17.2 Å². The van der Waals surface area contributed by atoms with E-state index in [1.807, 2.05) is 0 Å². The number of hydrogen-bond donors (Lipinski definition) is 2. The Hall–Kier alpha value is -2.85. The van der Waals surface area contributed by atoms with Crippen molar-refractivity contribution in [2.75, 3.05) is 37.5 Å². The van der Waals surface area contributed by atoms with Crippen molar-refractivity contribution < 1.29 is 32.2 Å². The Balaban J connectivity index is 2.43. The van der Waals surface area contributed by atoms with E-state index in [0.29, 0.717) is 12.4 Å². The van der Waals surface area contributed by atoms with Crippen LogP contribution in [0.25, 0.3) is 0 Å². The summed E-state index contributed by atoms with van der Waals surface area (Å²) in [5, 5.41) is 2.74. The second-order valence-corrected chi connectivity index (χ2v) is 7.82. The number of nitrogens with one attached hydrogen (secondary N) is 2. The molecule has 1 amide bonds. The van der Waals surface area contributed by atoms with Crippen LogP contribution in [0.4, 0.5) is 16.2 Å². The molecule has 0 aliphatic heterocycles. The summed E-state index contributed by atoms with van der Waals surface area (Å²) in [7, 11) is -1.27. The molecule has 0 radical (unpaired) electrons. The minimum Gasteiger partial charge on any atom is -0.495 e. The number of ether oxygens (including phenoxy) is 4. The molecule has 0 aliphatic carbocycles. The molecule has 9 nitrogen and oxygen atoms in total. The highest BCUT2D eigenvalue weighted by Gasteiger charge is 2.21. The van der Waals surface area contributed by atoms with Crippen LogP contribution in [0, 0.1) is 0 Å². The van der Waals surface area contributed by atoms with Crippen molar-refractivity contribution in [1.29, 1.82) is 0 Å². The highest BCUT2D eigenvalue weighted by molar-refractivity contribution is 7.92. The smallest absolute Gasteiger partial charge is 0.411 e. The zero-order chi connectivity index (χ0) is 22.3. The summed E-state index contributed by atoms with van der Waals surface area (Å²) in [4.78, 5) is 11.7. The predicted octanol–water partition coefficient (Wildman–Crippen LogP) is 4.13. The van der Waals surface area contributed by atoms with Gasteiger partial charge in [-0.05, 0) is 32.0 Å². The van der Waals surface area contributed by atoms with Crippen LogP contribution < -0.4 is 24.2 Å². The summed E-state index contributed by atoms with van der Waals surface area (Å²) in [5.74, 6) is 0.780. The molecule has 2 aromatic rings. The minimum absolute atomic E-state index is 0.117. The first-order valence-electron chi connectivity index (χ1n) is 8.90. The van der Waals surface area contributed by atoms with E-state index in [9.17, 15) is 13.2 Å². The van der Waals surface area contributed by atoms with Gasteiger partial charge in [0.05, 0.1) is 48.7 Å². The fraction of sp³-hybridized carbons (Fsp3) is 0.316. The van der Waals surface area contributed by atoms with Crippen LogP contribution in [0.2, 0.25) is 5.02 Å². The van der Waals surface area contributed by atoms with Crippen LogP contribution >= 0.6 is 11.6 Å². The Morgan fingerprint density at radius 3 is 2.27 bits per heavy atom. The van der Waals surface area contributed by atoms with Crippen molar-refractivity contribution in [3.8, 4) is 17.2 Å². The number of halogens is 1. The van der Waals surface area contributed by atoms with Crippen LogP contribution in [0.3, 0.4) is 0 Å². The SMILES string of the molecule is CCOC(=O)Nc1cc(S(=O)(=O)Nc2cc(OC)c(Cl)cc2OC)ccc1OCC. The average molecular weight is 459 g/mol. The van der Waals surface area contributed by atoms with E-state index in [0.717, 1.165) is 0 Å². The van der Waals surface area contributed by atoms with E-state index in [-0.39, 0.29) is 39.4 Å². The van der Waals surface area contributed by atoms with Crippen LogP contribution in [0.1, 0.15) is 13.8 Å². The summed E-state index contributed by atoms with van der Waals surface area (Å²) < 4.78 is 49.0. The third-order valence-corrected chi connectivity index (χ3v) is 5.45. The number of sulfonamides is 1. The second kappa shape index (κ2) is 10.3. The Kier molecular flexibility index (Phi) is 8.01. The molecule has 0 fully saturated rings. The van der Waals surface area contributed by atoms with Crippen molar-refractivity contribution in [2.24, 2.45) is 0 Å². The van der Waals surface area contributed by atoms with Crippen LogP contribution in [0.5, 0.6) is 17.2 Å². The van der Waals surface area contributed by atoms with Crippen LogP contribution in [-0.2, 0) is 14.8 Å². The first kappa shape index (κ1) is 23.4. The fourth-order valence-electron chi connectivity index (χ4n) is 2.48. The summed E-state index contributed by atoms with van der Waals surface area (Å²) in [5.41, 5.74) is 0.284. The van der Waals surface area contributed by atoms with E-state index < -0.39 is 16.1 Å². The molecule has 0 aromatic heterocycles. The molecule has 2 aromatic carbocycles. The van der Waals surface area contributed by atoms with E-state index >= 15 is 0 Å². The molecule has 0 aliphatic rings. The van der Waals surface area contributed by atoms with Gasteiger partial charge in [-0.1, -0.05) is 11.6 Å². The van der Waals surface area contributed by atoms with Crippen molar-refractivity contribution in [2.45, 2.75) is 18.7 Å². The average Bonchev–Trinajstić information content (AvgIpc) is 2.70. The maximum atomic E-state index is 13.0. The number of carbonyl (C=O) groups is 1. The van der Waals surface area contributed by atoms with Crippen molar-refractivity contribution >= 4 is 39.1 Å². The van der Waals surface area contributed by atoms with Gasteiger partial charge >= 0.3 is 6.09 Å². The number of hydrogen-bond acceptors (Lipinski definition) is 7. The maximum absolute atomic E-state index is 13.0. The first-order chi connectivity index (χ1) is 14.2. The third kappa shape index (κ3) is 5.61. The number of rotatable bonds is 9. The minimum atomic E-state index is -4.06. The van der Waals surface area contributed by atoms with Gasteiger partial charge in [-0.2, -0.15) is 0 Å². The standard InChI is InChI=1S/C19H23ClN2O7S/c1-5-28-16-8-7-12(9-14(16)21-19(23)29-6-2)30(24,25)22-15-11-17(26-3)13(20)10-18(15)27-4/h7-11,22H,5-6H2,1-4H3,(H,21,23). The molecule has 0 atom stereocenters. The van der Waals surface area contributed by atoms with Crippen LogP contribution in [0.15, 0.2) is 35.2 Å². The Labute approximate surface area is 180 Å². The number of anilines is 2. The molecule has 0 unspecified atom stereocenters. The lowest BCUT2D eigenvalue weighted by Gasteiger charge is -2.16. The third-order valence-electron chi connectivity index (χ3n) is 3.79. The monoisotopic (exact) mass is 458 g/mol. The summed E-state index contributed by atoms with van der Waals surface area (Å²) in [6.45, 7) is 3.90.